The van der Waals surface area contributed by atoms with E-state index in [4.69, 9.17) is 16.3 Å². The number of ketones is 1. The maximum atomic E-state index is 12.5. The summed E-state index contributed by atoms with van der Waals surface area (Å²) in [5.41, 5.74) is 0.931. The number of rotatable bonds is 7. The van der Waals surface area contributed by atoms with Crippen LogP contribution in [-0.2, 0) is 19.6 Å². The SMILES string of the molecule is O=C(C=Cc1ccccc1Cl)OCC(=O)c1ccc(S(=O)(=O)N2CCCC2)cc1. The van der Waals surface area contributed by atoms with E-state index in [0.29, 0.717) is 23.7 Å². The lowest BCUT2D eigenvalue weighted by Crippen LogP contribution is -2.27. The summed E-state index contributed by atoms with van der Waals surface area (Å²) in [6.45, 7) is 0.589. The molecule has 2 aromatic carbocycles. The van der Waals surface area contributed by atoms with Gasteiger partial charge in [-0.1, -0.05) is 29.8 Å². The molecular formula is C21H20ClNO5S. The summed E-state index contributed by atoms with van der Waals surface area (Å²) < 4.78 is 31.4. The molecule has 1 fully saturated rings. The van der Waals surface area contributed by atoms with Gasteiger partial charge in [-0.2, -0.15) is 4.31 Å². The molecule has 0 unspecified atom stereocenters. The molecule has 0 saturated carbocycles. The number of benzene rings is 2. The molecule has 0 aromatic heterocycles. The first-order valence-corrected chi connectivity index (χ1v) is 10.9. The Morgan fingerprint density at radius 3 is 2.34 bits per heavy atom. The quantitative estimate of drug-likeness (QED) is 0.379. The van der Waals surface area contributed by atoms with E-state index in [1.165, 1.54) is 40.7 Å². The molecule has 6 nitrogen and oxygen atoms in total. The van der Waals surface area contributed by atoms with Crippen molar-refractivity contribution in [2.75, 3.05) is 19.7 Å². The highest BCUT2D eigenvalue weighted by Crippen LogP contribution is 2.21. The maximum Gasteiger partial charge on any atom is 0.331 e. The molecule has 3 rings (SSSR count). The highest BCUT2D eigenvalue weighted by Gasteiger charge is 2.27. The Bertz CT molecular complexity index is 1030. The van der Waals surface area contributed by atoms with Gasteiger partial charge in [0.05, 0.1) is 4.90 Å². The van der Waals surface area contributed by atoms with Crippen molar-refractivity contribution in [1.82, 2.24) is 4.31 Å². The van der Waals surface area contributed by atoms with Crippen LogP contribution in [0.3, 0.4) is 0 Å². The van der Waals surface area contributed by atoms with Crippen molar-refractivity contribution < 1.29 is 22.7 Å². The Labute approximate surface area is 174 Å². The monoisotopic (exact) mass is 433 g/mol. The third-order valence-corrected chi connectivity index (χ3v) is 6.79. The van der Waals surface area contributed by atoms with Crippen molar-refractivity contribution in [2.45, 2.75) is 17.7 Å². The maximum absolute atomic E-state index is 12.5. The minimum absolute atomic E-state index is 0.149. The van der Waals surface area contributed by atoms with E-state index < -0.39 is 28.4 Å². The zero-order chi connectivity index (χ0) is 20.9. The molecule has 0 aliphatic carbocycles. The van der Waals surface area contributed by atoms with Gasteiger partial charge in [0, 0.05) is 29.8 Å². The molecule has 1 aliphatic rings. The number of nitrogens with zero attached hydrogens (tertiary/aromatic N) is 1. The third-order valence-electron chi connectivity index (χ3n) is 4.53. The van der Waals surface area contributed by atoms with Crippen LogP contribution in [0.4, 0.5) is 0 Å². The van der Waals surface area contributed by atoms with Gasteiger partial charge in [0.15, 0.2) is 12.4 Å². The van der Waals surface area contributed by atoms with E-state index in [1.807, 2.05) is 0 Å². The van der Waals surface area contributed by atoms with Crippen LogP contribution < -0.4 is 0 Å². The van der Waals surface area contributed by atoms with Crippen LogP contribution in [0.1, 0.15) is 28.8 Å². The summed E-state index contributed by atoms with van der Waals surface area (Å²) in [6, 6.07) is 12.7. The zero-order valence-corrected chi connectivity index (χ0v) is 17.2. The lowest BCUT2D eigenvalue weighted by molar-refractivity contribution is -0.136. The van der Waals surface area contributed by atoms with Gasteiger partial charge < -0.3 is 4.74 Å². The van der Waals surface area contributed by atoms with Crippen molar-refractivity contribution in [3.05, 3.63) is 70.8 Å². The fraction of sp³-hybridized carbons (Fsp3) is 0.238. The van der Waals surface area contributed by atoms with Crippen LogP contribution in [0.5, 0.6) is 0 Å². The van der Waals surface area contributed by atoms with Crippen LogP contribution in [0.25, 0.3) is 6.08 Å². The van der Waals surface area contributed by atoms with E-state index in [9.17, 15) is 18.0 Å². The van der Waals surface area contributed by atoms with E-state index >= 15 is 0 Å². The molecule has 1 aliphatic heterocycles. The van der Waals surface area contributed by atoms with E-state index in [-0.39, 0.29) is 10.5 Å². The van der Waals surface area contributed by atoms with Crippen LogP contribution in [0, 0.1) is 0 Å². The van der Waals surface area contributed by atoms with Crippen LogP contribution in [0.2, 0.25) is 5.02 Å². The number of sulfonamides is 1. The summed E-state index contributed by atoms with van der Waals surface area (Å²) in [7, 11) is -3.53. The van der Waals surface area contributed by atoms with E-state index in [2.05, 4.69) is 0 Å². The number of hydrogen-bond acceptors (Lipinski definition) is 5. The number of ether oxygens (including phenoxy) is 1. The molecule has 0 N–H and O–H groups in total. The highest BCUT2D eigenvalue weighted by molar-refractivity contribution is 7.89. The molecule has 8 heteroatoms. The molecule has 1 saturated heterocycles. The Balaban J connectivity index is 1.57. The Kier molecular flexibility index (Phi) is 6.84. The molecule has 152 valence electrons. The fourth-order valence-electron chi connectivity index (χ4n) is 2.93. The Morgan fingerprint density at radius 2 is 1.69 bits per heavy atom. The molecule has 0 amide bonds. The van der Waals surface area contributed by atoms with Gasteiger partial charge in [0.1, 0.15) is 0 Å². The fourth-order valence-corrected chi connectivity index (χ4v) is 4.64. The van der Waals surface area contributed by atoms with Gasteiger partial charge >= 0.3 is 5.97 Å². The molecule has 0 spiro atoms. The molecule has 2 aromatic rings. The average molecular weight is 434 g/mol. The van der Waals surface area contributed by atoms with Gasteiger partial charge in [-0.3, -0.25) is 4.79 Å². The summed E-state index contributed by atoms with van der Waals surface area (Å²) in [5, 5.41) is 0.497. The Hall–Kier alpha value is -2.48. The molecule has 0 radical (unpaired) electrons. The molecule has 1 heterocycles. The molecule has 0 bridgehead atoms. The lowest BCUT2D eigenvalue weighted by Gasteiger charge is -2.15. The number of carbonyl (C=O) groups is 2. The summed E-state index contributed by atoms with van der Waals surface area (Å²) in [4.78, 5) is 24.2. The number of carbonyl (C=O) groups excluding carboxylic acids is 2. The zero-order valence-electron chi connectivity index (χ0n) is 15.6. The van der Waals surface area contributed by atoms with Crippen LogP contribution >= 0.6 is 11.6 Å². The number of hydrogen-bond donors (Lipinski definition) is 0. The summed E-state index contributed by atoms with van der Waals surface area (Å²) in [6.07, 6.45) is 4.41. The second-order valence-corrected chi connectivity index (χ2v) is 8.87. The number of esters is 1. The van der Waals surface area contributed by atoms with Crippen molar-refractivity contribution in [3.63, 3.8) is 0 Å². The predicted octanol–water partition coefficient (Wildman–Crippen LogP) is 3.56. The van der Waals surface area contributed by atoms with Crippen LogP contribution in [0.15, 0.2) is 59.5 Å². The molecule has 0 atom stereocenters. The van der Waals surface area contributed by atoms with Gasteiger partial charge in [0.25, 0.3) is 0 Å². The second-order valence-electron chi connectivity index (χ2n) is 6.52. The minimum Gasteiger partial charge on any atom is -0.454 e. The predicted molar refractivity (Wildman–Crippen MR) is 110 cm³/mol. The normalized spacial score (nSPS) is 14.9. The lowest BCUT2D eigenvalue weighted by atomic mass is 10.1. The van der Waals surface area contributed by atoms with Gasteiger partial charge in [-0.05, 0) is 54.8 Å². The smallest absolute Gasteiger partial charge is 0.331 e. The summed E-state index contributed by atoms with van der Waals surface area (Å²) >= 11 is 6.00. The molecule has 29 heavy (non-hydrogen) atoms. The van der Waals surface area contributed by atoms with Gasteiger partial charge in [-0.15, -0.1) is 0 Å². The van der Waals surface area contributed by atoms with Gasteiger partial charge in [0.2, 0.25) is 10.0 Å². The van der Waals surface area contributed by atoms with Crippen molar-refractivity contribution >= 4 is 39.5 Å². The largest absolute Gasteiger partial charge is 0.454 e. The summed E-state index contributed by atoms with van der Waals surface area (Å²) in [5.74, 6) is -1.10. The topological polar surface area (TPSA) is 80.8 Å². The van der Waals surface area contributed by atoms with Crippen LogP contribution in [-0.4, -0.2) is 44.2 Å². The Morgan fingerprint density at radius 1 is 1.03 bits per heavy atom. The van der Waals surface area contributed by atoms with E-state index in [0.717, 1.165) is 12.8 Å². The number of Topliss-reactive ketones (excluding diaryl/α,β-unsaturated/α-hetero) is 1. The number of halogens is 1. The van der Waals surface area contributed by atoms with Crippen molar-refractivity contribution in [2.24, 2.45) is 0 Å². The first-order valence-electron chi connectivity index (χ1n) is 9.11. The molecular weight excluding hydrogens is 414 g/mol. The first kappa shape index (κ1) is 21.2. The minimum atomic E-state index is -3.53. The highest BCUT2D eigenvalue weighted by atomic mass is 35.5. The van der Waals surface area contributed by atoms with Crippen molar-refractivity contribution in [3.8, 4) is 0 Å². The van der Waals surface area contributed by atoms with Gasteiger partial charge in [-0.25, -0.2) is 13.2 Å². The van der Waals surface area contributed by atoms with Crippen molar-refractivity contribution in [1.29, 1.82) is 0 Å². The second kappa shape index (κ2) is 9.35. The third kappa shape index (κ3) is 5.32. The standard InChI is InChI=1S/C21H20ClNO5S/c22-19-6-2-1-5-16(19)9-12-21(25)28-15-20(24)17-7-10-18(11-8-17)29(26,27)23-13-3-4-14-23/h1-2,5-12H,3-4,13-15H2. The average Bonchev–Trinajstić information content (AvgIpc) is 3.27. The first-order chi connectivity index (χ1) is 13.9. The van der Waals surface area contributed by atoms with E-state index in [1.54, 1.807) is 24.3 Å².